The molecule has 1 heterocycles. The minimum atomic E-state index is -0.0691. The van der Waals surface area contributed by atoms with Crippen LogP contribution >= 0.6 is 31.9 Å². The van der Waals surface area contributed by atoms with Gasteiger partial charge in [-0.3, -0.25) is 0 Å². The summed E-state index contributed by atoms with van der Waals surface area (Å²) in [4.78, 5) is 1.68. The van der Waals surface area contributed by atoms with Crippen molar-refractivity contribution in [2.75, 3.05) is 0 Å². The van der Waals surface area contributed by atoms with E-state index in [-0.39, 0.29) is 17.4 Å². The van der Waals surface area contributed by atoms with E-state index in [2.05, 4.69) is 85.5 Å². The zero-order valence-electron chi connectivity index (χ0n) is 18.0. The molecule has 0 aliphatic rings. The Morgan fingerprint density at radius 3 is 1.86 bits per heavy atom. The van der Waals surface area contributed by atoms with Crippen molar-refractivity contribution in [1.29, 1.82) is 0 Å². The molecule has 2 aromatic carbocycles. The molecule has 1 aromatic heterocycles. The molecule has 0 saturated carbocycles. The van der Waals surface area contributed by atoms with Gasteiger partial charge in [-0.05, 0) is 84.9 Å². The van der Waals surface area contributed by atoms with Crippen LogP contribution in [0.2, 0.25) is 0 Å². The highest BCUT2D eigenvalue weighted by Gasteiger charge is 2.29. The van der Waals surface area contributed by atoms with Crippen molar-refractivity contribution in [3.8, 4) is 5.69 Å². The Hall–Kier alpha value is -1.24. The van der Waals surface area contributed by atoms with Crippen LogP contribution in [0.4, 0.5) is 0 Å². The van der Waals surface area contributed by atoms with E-state index in [4.69, 9.17) is 10.2 Å². The number of hydrogen-bond donors (Lipinski definition) is 1. The lowest BCUT2D eigenvalue weighted by molar-refractivity contribution is 0.276. The number of rotatable bonds is 6. The first kappa shape index (κ1) is 22.4. The largest absolute Gasteiger partial charge is 0.392 e. The van der Waals surface area contributed by atoms with E-state index in [1.807, 2.05) is 12.1 Å². The van der Waals surface area contributed by atoms with Gasteiger partial charge in [0.05, 0.1) is 12.3 Å². The molecular weight excluding hydrogens is 494 g/mol. The van der Waals surface area contributed by atoms with E-state index in [1.165, 1.54) is 5.56 Å². The number of nitrogens with zero attached hydrogens (tertiary/aromatic N) is 3. The van der Waals surface area contributed by atoms with Gasteiger partial charge in [0.25, 0.3) is 0 Å². The van der Waals surface area contributed by atoms with Gasteiger partial charge < -0.3 is 5.11 Å². The first-order chi connectivity index (χ1) is 13.6. The SMILES string of the molecule is CCC(C)(C)c1cc(-n2nc3c(Br)ccc(Br)c3n2)c(CO)c(C(C)(C)CC)c1. The smallest absolute Gasteiger partial charge is 0.129 e. The third-order valence-electron chi connectivity index (χ3n) is 6.32. The van der Waals surface area contributed by atoms with Crippen LogP contribution in [0.25, 0.3) is 16.7 Å². The molecule has 156 valence electrons. The minimum Gasteiger partial charge on any atom is -0.392 e. The maximum Gasteiger partial charge on any atom is 0.129 e. The van der Waals surface area contributed by atoms with E-state index in [9.17, 15) is 5.11 Å². The fourth-order valence-electron chi connectivity index (χ4n) is 3.43. The number of fused-ring (bicyclic) bond motifs is 1. The maximum atomic E-state index is 10.4. The molecule has 0 saturated heterocycles. The zero-order chi connectivity index (χ0) is 21.6. The first-order valence-electron chi connectivity index (χ1n) is 10.1. The summed E-state index contributed by atoms with van der Waals surface area (Å²) in [5.74, 6) is 0. The summed E-state index contributed by atoms with van der Waals surface area (Å²) >= 11 is 7.16. The number of aliphatic hydroxyl groups is 1. The van der Waals surface area contributed by atoms with Crippen LogP contribution in [-0.2, 0) is 17.4 Å². The zero-order valence-corrected chi connectivity index (χ0v) is 21.1. The van der Waals surface area contributed by atoms with E-state index in [1.54, 1.807) is 4.80 Å². The van der Waals surface area contributed by atoms with E-state index in [0.717, 1.165) is 49.6 Å². The second-order valence-electron chi connectivity index (χ2n) is 8.87. The number of aromatic nitrogens is 3. The average molecular weight is 523 g/mol. The Balaban J connectivity index is 2.38. The van der Waals surface area contributed by atoms with E-state index < -0.39 is 0 Å². The van der Waals surface area contributed by atoms with Gasteiger partial charge in [-0.15, -0.1) is 15.0 Å². The Kier molecular flexibility index (Phi) is 6.29. The van der Waals surface area contributed by atoms with Crippen LogP contribution in [-0.4, -0.2) is 20.1 Å². The maximum absolute atomic E-state index is 10.4. The highest BCUT2D eigenvalue weighted by atomic mass is 79.9. The molecule has 0 spiro atoms. The topological polar surface area (TPSA) is 50.9 Å². The summed E-state index contributed by atoms with van der Waals surface area (Å²) in [5.41, 5.74) is 5.66. The summed E-state index contributed by atoms with van der Waals surface area (Å²) in [7, 11) is 0. The van der Waals surface area contributed by atoms with Gasteiger partial charge in [0.1, 0.15) is 11.0 Å². The van der Waals surface area contributed by atoms with Crippen molar-refractivity contribution in [2.45, 2.75) is 71.8 Å². The third kappa shape index (κ3) is 4.04. The molecule has 0 bridgehead atoms. The quantitative estimate of drug-likeness (QED) is 0.386. The van der Waals surface area contributed by atoms with Crippen molar-refractivity contribution in [1.82, 2.24) is 15.0 Å². The molecular formula is C23H29Br2N3O. The van der Waals surface area contributed by atoms with Crippen molar-refractivity contribution < 1.29 is 5.11 Å². The lowest BCUT2D eigenvalue weighted by Gasteiger charge is -2.31. The van der Waals surface area contributed by atoms with Crippen LogP contribution in [0.5, 0.6) is 0 Å². The molecule has 0 aliphatic carbocycles. The molecule has 0 fully saturated rings. The van der Waals surface area contributed by atoms with Gasteiger partial charge in [0.2, 0.25) is 0 Å². The van der Waals surface area contributed by atoms with Crippen LogP contribution in [0.3, 0.4) is 0 Å². The lowest BCUT2D eigenvalue weighted by Crippen LogP contribution is -2.24. The predicted molar refractivity (Wildman–Crippen MR) is 127 cm³/mol. The Bertz CT molecular complexity index is 1010. The summed E-state index contributed by atoms with van der Waals surface area (Å²) in [6, 6.07) is 8.34. The molecule has 0 radical (unpaired) electrons. The molecule has 3 aromatic rings. The van der Waals surface area contributed by atoms with Gasteiger partial charge in [0, 0.05) is 14.5 Å². The standard InChI is InChI=1S/C23H29Br2N3O/c1-7-22(3,4)14-11-16(23(5,6)8-2)15(13-29)19(12-14)28-26-20-17(24)9-10-18(25)21(20)27-28/h9-12,29H,7-8,13H2,1-6H3. The molecule has 3 rings (SSSR count). The van der Waals surface area contributed by atoms with Crippen molar-refractivity contribution in [3.63, 3.8) is 0 Å². The molecule has 0 atom stereocenters. The lowest BCUT2D eigenvalue weighted by atomic mass is 9.74. The number of halogens is 2. The van der Waals surface area contributed by atoms with Crippen molar-refractivity contribution in [3.05, 3.63) is 49.9 Å². The molecule has 0 aliphatic heterocycles. The van der Waals surface area contributed by atoms with Gasteiger partial charge in [-0.1, -0.05) is 47.6 Å². The summed E-state index contributed by atoms with van der Waals surface area (Å²) in [6.45, 7) is 13.3. The van der Waals surface area contributed by atoms with Crippen LogP contribution in [0.15, 0.2) is 33.2 Å². The van der Waals surface area contributed by atoms with Gasteiger partial charge in [-0.2, -0.15) is 0 Å². The first-order valence-corrected chi connectivity index (χ1v) is 11.6. The van der Waals surface area contributed by atoms with Crippen LogP contribution in [0, 0.1) is 0 Å². The molecule has 4 nitrogen and oxygen atoms in total. The monoisotopic (exact) mass is 521 g/mol. The Morgan fingerprint density at radius 1 is 0.897 bits per heavy atom. The third-order valence-corrected chi connectivity index (χ3v) is 7.60. The fourth-order valence-corrected chi connectivity index (χ4v) is 4.23. The Labute approximate surface area is 190 Å². The summed E-state index contributed by atoms with van der Waals surface area (Å²) < 4.78 is 1.79. The minimum absolute atomic E-state index is 0.00898. The number of aliphatic hydroxyl groups excluding tert-OH is 1. The summed E-state index contributed by atoms with van der Waals surface area (Å²) in [6.07, 6.45) is 1.99. The molecule has 29 heavy (non-hydrogen) atoms. The molecule has 6 heteroatoms. The molecule has 0 amide bonds. The Morgan fingerprint density at radius 2 is 1.41 bits per heavy atom. The highest BCUT2D eigenvalue weighted by Crippen LogP contribution is 2.38. The highest BCUT2D eigenvalue weighted by molar-refractivity contribution is 9.11. The van der Waals surface area contributed by atoms with Crippen LogP contribution < -0.4 is 0 Å². The van der Waals surface area contributed by atoms with Gasteiger partial charge in [0.15, 0.2) is 0 Å². The van der Waals surface area contributed by atoms with E-state index >= 15 is 0 Å². The second kappa shape index (κ2) is 8.12. The van der Waals surface area contributed by atoms with Crippen LogP contribution in [0.1, 0.15) is 71.1 Å². The molecule has 0 unspecified atom stereocenters. The van der Waals surface area contributed by atoms with Crippen molar-refractivity contribution in [2.24, 2.45) is 0 Å². The predicted octanol–water partition coefficient (Wildman–Crippen LogP) is 6.81. The fraction of sp³-hybridized carbons (Fsp3) is 0.478. The van der Waals surface area contributed by atoms with Gasteiger partial charge in [-0.25, -0.2) is 0 Å². The number of benzene rings is 2. The molecule has 1 N–H and O–H groups in total. The second-order valence-corrected chi connectivity index (χ2v) is 10.6. The van der Waals surface area contributed by atoms with Crippen molar-refractivity contribution >= 4 is 42.9 Å². The van der Waals surface area contributed by atoms with Gasteiger partial charge >= 0.3 is 0 Å². The number of hydrogen-bond acceptors (Lipinski definition) is 3. The van der Waals surface area contributed by atoms with E-state index in [0.29, 0.717) is 0 Å². The average Bonchev–Trinajstić information content (AvgIpc) is 3.16. The summed E-state index contributed by atoms with van der Waals surface area (Å²) in [5, 5.41) is 19.9. The normalized spacial score (nSPS) is 12.7.